The summed E-state index contributed by atoms with van der Waals surface area (Å²) < 4.78 is 30.3. The van der Waals surface area contributed by atoms with Crippen molar-refractivity contribution in [1.29, 1.82) is 0 Å². The lowest BCUT2D eigenvalue weighted by Crippen LogP contribution is -2.36. The van der Waals surface area contributed by atoms with Gasteiger partial charge in [-0.05, 0) is 56.5 Å². The summed E-state index contributed by atoms with van der Waals surface area (Å²) >= 11 is 0. The quantitative estimate of drug-likeness (QED) is 0.817. The topological polar surface area (TPSA) is 8.17 Å². The summed E-state index contributed by atoms with van der Waals surface area (Å²) in [6.07, 6.45) is 5.04. The van der Waals surface area contributed by atoms with Gasteiger partial charge < -0.3 is 9.47 Å². The second kappa shape index (κ2) is 4.04. The highest BCUT2D eigenvalue weighted by molar-refractivity contribution is 5.89. The van der Waals surface area contributed by atoms with E-state index in [1.54, 1.807) is 0 Å². The van der Waals surface area contributed by atoms with E-state index in [0.717, 1.165) is 42.5 Å². The van der Waals surface area contributed by atoms with Crippen molar-refractivity contribution in [2.24, 2.45) is 0 Å². The molecule has 0 saturated heterocycles. The Morgan fingerprint density at radius 2 is 2.00 bits per heavy atom. The van der Waals surface area contributed by atoms with Crippen LogP contribution >= 0.6 is 0 Å². The molecular weight excluding hydrogens is 258 g/mol. The highest BCUT2D eigenvalue weighted by Crippen LogP contribution is 2.46. The summed E-state index contributed by atoms with van der Waals surface area (Å²) in [5, 5.41) is 0.541. The van der Waals surface area contributed by atoms with Gasteiger partial charge in [0.25, 0.3) is 0 Å². The number of aromatic nitrogens is 1. The van der Waals surface area contributed by atoms with Crippen LogP contribution in [0.2, 0.25) is 0 Å². The van der Waals surface area contributed by atoms with Gasteiger partial charge in [0.15, 0.2) is 11.6 Å². The first-order valence-corrected chi connectivity index (χ1v) is 7.22. The van der Waals surface area contributed by atoms with Crippen LogP contribution in [0.1, 0.15) is 29.9 Å². The lowest BCUT2D eigenvalue weighted by atomic mass is 9.97. The number of nitrogens with zero attached hydrogens (tertiary/aromatic N) is 2. The summed E-state index contributed by atoms with van der Waals surface area (Å²) in [7, 11) is 4.08. The van der Waals surface area contributed by atoms with Gasteiger partial charge in [0, 0.05) is 24.2 Å². The molecule has 1 aliphatic heterocycles. The molecule has 20 heavy (non-hydrogen) atoms. The highest BCUT2D eigenvalue weighted by atomic mass is 19.2. The van der Waals surface area contributed by atoms with Crippen LogP contribution in [0.5, 0.6) is 0 Å². The van der Waals surface area contributed by atoms with E-state index in [0.29, 0.717) is 17.3 Å². The monoisotopic (exact) mass is 276 g/mol. The molecule has 0 radical (unpaired) electrons. The average Bonchev–Trinajstić information content (AvgIpc) is 3.17. The molecule has 2 nitrogen and oxygen atoms in total. The zero-order valence-electron chi connectivity index (χ0n) is 11.8. The van der Waals surface area contributed by atoms with Gasteiger partial charge >= 0.3 is 0 Å². The second-order valence-electron chi connectivity index (χ2n) is 6.39. The van der Waals surface area contributed by atoms with Crippen LogP contribution in [0.4, 0.5) is 8.78 Å². The molecule has 1 aromatic heterocycles. The van der Waals surface area contributed by atoms with E-state index in [9.17, 15) is 8.78 Å². The van der Waals surface area contributed by atoms with E-state index in [-0.39, 0.29) is 0 Å². The van der Waals surface area contributed by atoms with Crippen LogP contribution in [-0.2, 0) is 13.0 Å². The van der Waals surface area contributed by atoms with E-state index >= 15 is 0 Å². The number of likely N-dealkylation sites (N-methyl/N-ethyl adjacent to an activating group) is 1. The summed E-state index contributed by atoms with van der Waals surface area (Å²) in [5.74, 6) is -0.932. The van der Waals surface area contributed by atoms with Gasteiger partial charge in [-0.3, -0.25) is 0 Å². The van der Waals surface area contributed by atoms with Crippen LogP contribution in [-0.4, -0.2) is 29.6 Å². The number of rotatable bonds is 2. The van der Waals surface area contributed by atoms with Crippen LogP contribution in [0.25, 0.3) is 10.9 Å². The lowest BCUT2D eigenvalue weighted by Gasteiger charge is -2.30. The first kappa shape index (κ1) is 12.3. The first-order valence-electron chi connectivity index (χ1n) is 7.22. The molecule has 1 fully saturated rings. The number of hydrogen-bond acceptors (Lipinski definition) is 1. The molecule has 1 saturated carbocycles. The Kier molecular flexibility index (Phi) is 2.49. The zero-order chi connectivity index (χ0) is 14.0. The maximum absolute atomic E-state index is 14.3. The third-order valence-electron chi connectivity index (χ3n) is 4.75. The molecule has 2 aromatic rings. The number of halogens is 2. The van der Waals surface area contributed by atoms with Gasteiger partial charge in [-0.15, -0.1) is 0 Å². The molecule has 4 rings (SSSR count). The van der Waals surface area contributed by atoms with Crippen molar-refractivity contribution >= 4 is 10.9 Å². The van der Waals surface area contributed by atoms with Crippen LogP contribution in [0, 0.1) is 11.6 Å². The Morgan fingerprint density at radius 3 is 2.65 bits per heavy atom. The Morgan fingerprint density at radius 1 is 1.25 bits per heavy atom. The van der Waals surface area contributed by atoms with Crippen molar-refractivity contribution < 1.29 is 8.78 Å². The Labute approximate surface area is 117 Å². The van der Waals surface area contributed by atoms with Gasteiger partial charge in [-0.1, -0.05) is 0 Å². The molecule has 1 aliphatic carbocycles. The summed E-state index contributed by atoms with van der Waals surface area (Å²) in [6, 6.07) is 1.73. The fourth-order valence-electron chi connectivity index (χ4n) is 3.45. The molecule has 0 amide bonds. The maximum atomic E-state index is 14.3. The predicted octanol–water partition coefficient (Wildman–Crippen LogP) is 3.28. The third kappa shape index (κ3) is 1.64. The fourth-order valence-corrected chi connectivity index (χ4v) is 3.45. The minimum atomic E-state index is -0.702. The molecule has 0 spiro atoms. The molecule has 0 bridgehead atoms. The molecule has 4 heteroatoms. The number of hydrogen-bond donors (Lipinski definition) is 0. The maximum Gasteiger partial charge on any atom is 0.168 e. The summed E-state index contributed by atoms with van der Waals surface area (Å²) in [5.41, 5.74) is 2.87. The molecule has 1 aromatic carbocycles. The van der Waals surface area contributed by atoms with Crippen molar-refractivity contribution in [3.05, 3.63) is 35.0 Å². The standard InChI is InChI=1S/C16H18F2N2/c1-19(2)11-5-10-6-13(17)15(18)14-12(9-3-4-9)8-20(7-11)16(10)14/h6,8-9,11H,3-5,7H2,1-2H3/t11-/m1/s1. The fraction of sp³-hybridized carbons (Fsp3) is 0.500. The smallest absolute Gasteiger partial charge is 0.168 e. The Hall–Kier alpha value is -1.42. The summed E-state index contributed by atoms with van der Waals surface area (Å²) in [6.45, 7) is 0.855. The second-order valence-corrected chi connectivity index (χ2v) is 6.39. The Balaban J connectivity index is 1.98. The van der Waals surface area contributed by atoms with Crippen molar-refractivity contribution in [2.75, 3.05) is 14.1 Å². The third-order valence-corrected chi connectivity index (χ3v) is 4.75. The molecular formula is C16H18F2N2. The molecule has 1 atom stereocenters. The first-order chi connectivity index (χ1) is 9.56. The van der Waals surface area contributed by atoms with Gasteiger partial charge in [-0.25, -0.2) is 8.78 Å². The highest BCUT2D eigenvalue weighted by Gasteiger charge is 2.33. The zero-order valence-corrected chi connectivity index (χ0v) is 11.8. The molecule has 106 valence electrons. The Bertz CT molecular complexity index is 698. The molecule has 2 aliphatic rings. The van der Waals surface area contributed by atoms with Crippen LogP contribution in [0.3, 0.4) is 0 Å². The SMILES string of the molecule is CN(C)[C@@H]1Cc2cc(F)c(F)c3c(C4CC4)cn(c23)C1. The minimum absolute atomic E-state index is 0.343. The summed E-state index contributed by atoms with van der Waals surface area (Å²) in [4.78, 5) is 2.16. The van der Waals surface area contributed by atoms with Crippen LogP contribution < -0.4 is 0 Å². The number of benzene rings is 1. The van der Waals surface area contributed by atoms with Gasteiger partial charge in [0.2, 0.25) is 0 Å². The molecule has 0 N–H and O–H groups in total. The van der Waals surface area contributed by atoms with E-state index in [2.05, 4.69) is 15.7 Å². The van der Waals surface area contributed by atoms with E-state index < -0.39 is 11.6 Å². The molecule has 0 unspecified atom stereocenters. The van der Waals surface area contributed by atoms with Gasteiger partial charge in [0.1, 0.15) is 0 Å². The normalized spacial score (nSPS) is 21.9. The average molecular weight is 276 g/mol. The van der Waals surface area contributed by atoms with Crippen molar-refractivity contribution in [2.45, 2.75) is 37.8 Å². The lowest BCUT2D eigenvalue weighted by molar-refractivity contribution is 0.258. The van der Waals surface area contributed by atoms with Crippen molar-refractivity contribution in [3.8, 4) is 0 Å². The minimum Gasteiger partial charge on any atom is -0.345 e. The van der Waals surface area contributed by atoms with E-state index in [4.69, 9.17) is 0 Å². The molecule has 2 heterocycles. The predicted molar refractivity (Wildman–Crippen MR) is 75.0 cm³/mol. The van der Waals surface area contributed by atoms with Gasteiger partial charge in [0.05, 0.1) is 5.52 Å². The van der Waals surface area contributed by atoms with Crippen molar-refractivity contribution in [1.82, 2.24) is 9.47 Å². The van der Waals surface area contributed by atoms with E-state index in [1.165, 1.54) is 6.07 Å². The largest absolute Gasteiger partial charge is 0.345 e. The van der Waals surface area contributed by atoms with E-state index in [1.807, 2.05) is 14.1 Å². The van der Waals surface area contributed by atoms with Crippen LogP contribution in [0.15, 0.2) is 12.3 Å². The van der Waals surface area contributed by atoms with Gasteiger partial charge in [-0.2, -0.15) is 0 Å². The van der Waals surface area contributed by atoms with Crippen molar-refractivity contribution in [3.63, 3.8) is 0 Å².